The van der Waals surface area contributed by atoms with Crippen molar-refractivity contribution in [1.29, 1.82) is 0 Å². The Morgan fingerprint density at radius 1 is 1.20 bits per heavy atom. The van der Waals surface area contributed by atoms with Crippen molar-refractivity contribution in [3.63, 3.8) is 0 Å². The van der Waals surface area contributed by atoms with Crippen LogP contribution in [0.25, 0.3) is 0 Å². The van der Waals surface area contributed by atoms with E-state index in [9.17, 15) is 0 Å². The topological polar surface area (TPSA) is 24.9 Å². The van der Waals surface area contributed by atoms with Crippen LogP contribution in [0.5, 0.6) is 0 Å². The summed E-state index contributed by atoms with van der Waals surface area (Å²) in [5.74, 6) is 0.968. The molecule has 0 aliphatic carbocycles. The summed E-state index contributed by atoms with van der Waals surface area (Å²) in [5.41, 5.74) is 1.27. The Hall–Kier alpha value is -0.840. The van der Waals surface area contributed by atoms with Gasteiger partial charge >= 0.3 is 0 Å². The smallest absolute Gasteiger partial charge is 0.103 e. The van der Waals surface area contributed by atoms with Crippen LogP contribution in [0.15, 0.2) is 35.2 Å². The average molecular weight is 307 g/mol. The van der Waals surface area contributed by atoms with Crippen LogP contribution in [-0.2, 0) is 18.7 Å². The Balaban J connectivity index is 1.94. The molecule has 2 nitrogen and oxygen atoms in total. The molecule has 0 aliphatic rings. The van der Waals surface area contributed by atoms with Gasteiger partial charge in [-0.25, -0.2) is 4.98 Å². The second kappa shape index (κ2) is 8.45. The number of aromatic nitrogens is 1. The fraction of sp³-hybridized carbons (Fsp3) is 0.438. The number of rotatable bonds is 8. The molecular weight excluding hydrogens is 284 g/mol. The van der Waals surface area contributed by atoms with Crippen molar-refractivity contribution in [2.75, 3.05) is 6.54 Å². The van der Waals surface area contributed by atoms with E-state index in [0.717, 1.165) is 25.3 Å². The van der Waals surface area contributed by atoms with Crippen LogP contribution >= 0.6 is 23.1 Å². The van der Waals surface area contributed by atoms with E-state index < -0.39 is 0 Å². The second-order valence-electron chi connectivity index (χ2n) is 4.61. The molecule has 0 saturated carbocycles. The third kappa shape index (κ3) is 4.62. The van der Waals surface area contributed by atoms with E-state index in [0.29, 0.717) is 0 Å². The number of hydrogen-bond donors (Lipinski definition) is 1. The van der Waals surface area contributed by atoms with E-state index in [2.05, 4.69) is 49.5 Å². The molecule has 108 valence electrons. The Kier molecular flexibility index (Phi) is 6.57. The summed E-state index contributed by atoms with van der Waals surface area (Å²) in [6.07, 6.45) is 2.20. The van der Waals surface area contributed by atoms with Gasteiger partial charge in [-0.15, -0.1) is 23.1 Å². The first-order valence-corrected chi connectivity index (χ1v) is 8.99. The molecule has 0 amide bonds. The number of nitrogens with one attached hydrogen (secondary N) is 1. The number of thioether (sulfide) groups is 1. The Bertz CT molecular complexity index is 508. The van der Waals surface area contributed by atoms with Crippen molar-refractivity contribution in [2.24, 2.45) is 0 Å². The first-order valence-electron chi connectivity index (χ1n) is 7.19. The number of nitrogens with zero attached hydrogens (tertiary/aromatic N) is 1. The molecule has 4 heteroatoms. The zero-order valence-corrected chi connectivity index (χ0v) is 13.8. The molecule has 2 rings (SSSR count). The van der Waals surface area contributed by atoms with Gasteiger partial charge in [0.25, 0.3) is 0 Å². The molecule has 0 saturated heterocycles. The summed E-state index contributed by atoms with van der Waals surface area (Å²) < 4.78 is 0. The standard InChI is InChI=1S/C16H22N2S2/c1-3-10-17-11-15-14(4-2)18-16(20-15)12-19-13-8-6-5-7-9-13/h5-9,17H,3-4,10-12H2,1-2H3. The Labute approximate surface area is 130 Å². The van der Waals surface area contributed by atoms with Crippen LogP contribution in [-0.4, -0.2) is 11.5 Å². The summed E-state index contributed by atoms with van der Waals surface area (Å²) >= 11 is 3.72. The van der Waals surface area contributed by atoms with Crippen LogP contribution in [0, 0.1) is 0 Å². The third-order valence-corrected chi connectivity index (χ3v) is 5.28. The molecule has 1 aromatic carbocycles. The van der Waals surface area contributed by atoms with E-state index in [1.165, 1.54) is 26.9 Å². The van der Waals surface area contributed by atoms with Gasteiger partial charge in [-0.3, -0.25) is 0 Å². The molecular formula is C16H22N2S2. The summed E-state index contributed by atoms with van der Waals surface area (Å²) in [7, 11) is 0. The highest BCUT2D eigenvalue weighted by Gasteiger charge is 2.09. The van der Waals surface area contributed by atoms with Gasteiger partial charge in [0, 0.05) is 16.3 Å². The molecule has 0 unspecified atom stereocenters. The molecule has 0 aliphatic heterocycles. The SMILES string of the molecule is CCCNCc1sc(CSc2ccccc2)nc1CC. The number of hydrogen-bond acceptors (Lipinski definition) is 4. The van der Waals surface area contributed by atoms with E-state index >= 15 is 0 Å². The summed E-state index contributed by atoms with van der Waals surface area (Å²) in [5, 5.41) is 4.72. The number of benzene rings is 1. The predicted octanol–water partition coefficient (Wildman–Crippen LogP) is 4.50. The number of thiazole rings is 1. The molecule has 0 atom stereocenters. The lowest BCUT2D eigenvalue weighted by Gasteiger charge is -2.01. The van der Waals surface area contributed by atoms with Crippen LogP contribution in [0.2, 0.25) is 0 Å². The fourth-order valence-corrected chi connectivity index (χ4v) is 3.99. The monoisotopic (exact) mass is 306 g/mol. The quantitative estimate of drug-likeness (QED) is 0.574. The summed E-state index contributed by atoms with van der Waals surface area (Å²) in [6, 6.07) is 10.5. The van der Waals surface area contributed by atoms with E-state index in [-0.39, 0.29) is 0 Å². The van der Waals surface area contributed by atoms with E-state index in [1.807, 2.05) is 23.1 Å². The highest BCUT2D eigenvalue weighted by Crippen LogP contribution is 2.27. The molecule has 2 aromatic rings. The lowest BCUT2D eigenvalue weighted by Crippen LogP contribution is -2.13. The van der Waals surface area contributed by atoms with Crippen molar-refractivity contribution < 1.29 is 0 Å². The van der Waals surface area contributed by atoms with Gasteiger partial charge in [0.1, 0.15) is 5.01 Å². The average Bonchev–Trinajstić information content (AvgIpc) is 2.89. The van der Waals surface area contributed by atoms with Gasteiger partial charge in [0.05, 0.1) is 11.4 Å². The van der Waals surface area contributed by atoms with Crippen LogP contribution < -0.4 is 5.32 Å². The maximum Gasteiger partial charge on any atom is 0.103 e. The normalized spacial score (nSPS) is 10.9. The highest BCUT2D eigenvalue weighted by molar-refractivity contribution is 7.98. The van der Waals surface area contributed by atoms with Crippen molar-refractivity contribution in [1.82, 2.24) is 10.3 Å². The maximum absolute atomic E-state index is 4.78. The van der Waals surface area contributed by atoms with E-state index in [1.54, 1.807) is 0 Å². The molecule has 0 radical (unpaired) electrons. The summed E-state index contributed by atoms with van der Waals surface area (Å²) in [6.45, 7) is 6.43. The minimum Gasteiger partial charge on any atom is -0.312 e. The minimum absolute atomic E-state index is 0.963. The van der Waals surface area contributed by atoms with Crippen molar-refractivity contribution in [2.45, 2.75) is 43.9 Å². The fourth-order valence-electron chi connectivity index (χ4n) is 1.95. The third-order valence-electron chi connectivity index (χ3n) is 2.98. The lowest BCUT2D eigenvalue weighted by molar-refractivity contribution is 0.676. The van der Waals surface area contributed by atoms with E-state index in [4.69, 9.17) is 4.98 Å². The number of aryl methyl sites for hydroxylation is 1. The van der Waals surface area contributed by atoms with Gasteiger partial charge in [0.2, 0.25) is 0 Å². The summed E-state index contributed by atoms with van der Waals surface area (Å²) in [4.78, 5) is 7.50. The predicted molar refractivity (Wildman–Crippen MR) is 89.5 cm³/mol. The first-order chi connectivity index (χ1) is 9.83. The van der Waals surface area contributed by atoms with Gasteiger partial charge in [-0.05, 0) is 31.5 Å². The van der Waals surface area contributed by atoms with Gasteiger partial charge < -0.3 is 5.32 Å². The maximum atomic E-state index is 4.78. The van der Waals surface area contributed by atoms with Crippen LogP contribution in [0.4, 0.5) is 0 Å². The van der Waals surface area contributed by atoms with Gasteiger partial charge in [0.15, 0.2) is 0 Å². The zero-order chi connectivity index (χ0) is 14.2. The van der Waals surface area contributed by atoms with Crippen molar-refractivity contribution in [3.8, 4) is 0 Å². The van der Waals surface area contributed by atoms with Gasteiger partial charge in [-0.1, -0.05) is 32.0 Å². The lowest BCUT2D eigenvalue weighted by atomic mass is 10.3. The highest BCUT2D eigenvalue weighted by atomic mass is 32.2. The largest absolute Gasteiger partial charge is 0.312 e. The van der Waals surface area contributed by atoms with Crippen molar-refractivity contribution in [3.05, 3.63) is 45.9 Å². The molecule has 0 bridgehead atoms. The first kappa shape index (κ1) is 15.5. The molecule has 1 heterocycles. The minimum atomic E-state index is 0.963. The zero-order valence-electron chi connectivity index (χ0n) is 12.2. The Morgan fingerprint density at radius 2 is 2.00 bits per heavy atom. The molecule has 20 heavy (non-hydrogen) atoms. The second-order valence-corrected chi connectivity index (χ2v) is 6.83. The van der Waals surface area contributed by atoms with Crippen molar-refractivity contribution >= 4 is 23.1 Å². The van der Waals surface area contributed by atoms with Gasteiger partial charge in [-0.2, -0.15) is 0 Å². The molecule has 0 fully saturated rings. The van der Waals surface area contributed by atoms with Crippen LogP contribution in [0.1, 0.15) is 35.8 Å². The molecule has 1 N–H and O–H groups in total. The molecule has 1 aromatic heterocycles. The molecule has 0 spiro atoms. The Morgan fingerprint density at radius 3 is 2.70 bits per heavy atom. The van der Waals surface area contributed by atoms with Crippen LogP contribution in [0.3, 0.4) is 0 Å².